The molecule has 0 bridgehead atoms. The van der Waals surface area contributed by atoms with Crippen LogP contribution in [0.4, 0.5) is 0 Å². The van der Waals surface area contributed by atoms with E-state index in [1.54, 1.807) is 0 Å². The Bertz CT molecular complexity index is 354. The van der Waals surface area contributed by atoms with E-state index in [1.165, 1.54) is 12.8 Å². The highest BCUT2D eigenvalue weighted by atomic mass is 79.9. The van der Waals surface area contributed by atoms with Crippen LogP contribution in [0.5, 0.6) is 0 Å². The minimum atomic E-state index is -0.0261. The Morgan fingerprint density at radius 3 is 2.61 bits per heavy atom. The van der Waals surface area contributed by atoms with Gasteiger partial charge in [-0.2, -0.15) is 0 Å². The molecule has 3 heteroatoms. The topological polar surface area (TPSA) is 35.2 Å². The summed E-state index contributed by atoms with van der Waals surface area (Å²) in [6.45, 7) is 7.19. The molecule has 0 aromatic heterocycles. The first-order chi connectivity index (χ1) is 8.54. The summed E-state index contributed by atoms with van der Waals surface area (Å²) in [5.41, 5.74) is 7.18. The third kappa shape index (κ3) is 5.09. The van der Waals surface area contributed by atoms with E-state index in [0.29, 0.717) is 5.92 Å². The number of hydrogen-bond donors (Lipinski definition) is 1. The van der Waals surface area contributed by atoms with Gasteiger partial charge in [0.05, 0.1) is 12.7 Å². The standard InChI is InChI=1S/C15H24BrNO/c1-4-6-11(2)10-18-15(12(3)17)13-7-5-8-14(16)9-13/h5,7-9,11-12,15H,4,6,10,17H2,1-3H3. The normalized spacial score (nSPS) is 16.3. The lowest BCUT2D eigenvalue weighted by molar-refractivity contribution is 0.0173. The van der Waals surface area contributed by atoms with E-state index in [-0.39, 0.29) is 12.1 Å². The van der Waals surface area contributed by atoms with Gasteiger partial charge in [-0.05, 0) is 37.0 Å². The lowest BCUT2D eigenvalue weighted by Crippen LogP contribution is -2.28. The van der Waals surface area contributed by atoms with E-state index < -0.39 is 0 Å². The fourth-order valence-electron chi connectivity index (χ4n) is 2.08. The monoisotopic (exact) mass is 313 g/mol. The maximum atomic E-state index is 6.04. The fourth-order valence-corrected chi connectivity index (χ4v) is 2.50. The van der Waals surface area contributed by atoms with Crippen molar-refractivity contribution in [1.82, 2.24) is 0 Å². The first-order valence-electron chi connectivity index (χ1n) is 6.67. The van der Waals surface area contributed by atoms with Gasteiger partial charge in [-0.1, -0.05) is 48.3 Å². The van der Waals surface area contributed by atoms with E-state index in [1.807, 2.05) is 19.1 Å². The maximum Gasteiger partial charge on any atom is 0.0973 e. The second-order valence-corrected chi connectivity index (χ2v) is 5.98. The third-order valence-corrected chi connectivity index (χ3v) is 3.49. The molecule has 1 aromatic carbocycles. The Balaban J connectivity index is 2.66. The minimum Gasteiger partial charge on any atom is -0.372 e. The zero-order chi connectivity index (χ0) is 13.5. The zero-order valence-corrected chi connectivity index (χ0v) is 13.1. The number of nitrogens with two attached hydrogens (primary N) is 1. The summed E-state index contributed by atoms with van der Waals surface area (Å²) in [4.78, 5) is 0. The lowest BCUT2D eigenvalue weighted by atomic mass is 10.0. The predicted molar refractivity (Wildman–Crippen MR) is 80.6 cm³/mol. The van der Waals surface area contributed by atoms with Crippen LogP contribution in [0.3, 0.4) is 0 Å². The third-order valence-electron chi connectivity index (χ3n) is 3.00. The summed E-state index contributed by atoms with van der Waals surface area (Å²) in [6, 6.07) is 8.18. The summed E-state index contributed by atoms with van der Waals surface area (Å²) >= 11 is 3.49. The van der Waals surface area contributed by atoms with Crippen molar-refractivity contribution in [3.8, 4) is 0 Å². The van der Waals surface area contributed by atoms with Gasteiger partial charge in [-0.15, -0.1) is 0 Å². The van der Waals surface area contributed by atoms with Crippen LogP contribution in [0.1, 0.15) is 45.3 Å². The molecule has 0 saturated heterocycles. The first-order valence-corrected chi connectivity index (χ1v) is 7.46. The van der Waals surface area contributed by atoms with Crippen LogP contribution < -0.4 is 5.73 Å². The van der Waals surface area contributed by atoms with Gasteiger partial charge >= 0.3 is 0 Å². The quantitative estimate of drug-likeness (QED) is 0.815. The molecule has 0 radical (unpaired) electrons. The molecule has 2 N–H and O–H groups in total. The van der Waals surface area contributed by atoms with Crippen molar-refractivity contribution in [3.05, 3.63) is 34.3 Å². The van der Waals surface area contributed by atoms with Gasteiger partial charge in [0.1, 0.15) is 0 Å². The van der Waals surface area contributed by atoms with Crippen LogP contribution in [0.2, 0.25) is 0 Å². The van der Waals surface area contributed by atoms with Crippen LogP contribution in [-0.2, 0) is 4.74 Å². The van der Waals surface area contributed by atoms with Gasteiger partial charge in [0, 0.05) is 10.5 Å². The average Bonchev–Trinajstić information content (AvgIpc) is 2.29. The van der Waals surface area contributed by atoms with Crippen molar-refractivity contribution in [1.29, 1.82) is 0 Å². The van der Waals surface area contributed by atoms with Crippen molar-refractivity contribution in [2.24, 2.45) is 11.7 Å². The predicted octanol–water partition coefficient (Wildman–Crippen LogP) is 4.29. The molecule has 0 aliphatic heterocycles. The van der Waals surface area contributed by atoms with Gasteiger partial charge in [0.2, 0.25) is 0 Å². The highest BCUT2D eigenvalue weighted by molar-refractivity contribution is 9.10. The van der Waals surface area contributed by atoms with Crippen molar-refractivity contribution >= 4 is 15.9 Å². The van der Waals surface area contributed by atoms with Gasteiger partial charge in [-0.25, -0.2) is 0 Å². The SMILES string of the molecule is CCCC(C)COC(c1cccc(Br)c1)C(C)N. The summed E-state index contributed by atoms with van der Waals surface area (Å²) in [5, 5.41) is 0. The molecule has 1 rings (SSSR count). The number of ether oxygens (including phenoxy) is 1. The van der Waals surface area contributed by atoms with Crippen molar-refractivity contribution in [2.45, 2.75) is 45.8 Å². The molecule has 102 valence electrons. The Hall–Kier alpha value is -0.380. The van der Waals surface area contributed by atoms with Crippen LogP contribution in [-0.4, -0.2) is 12.6 Å². The molecule has 1 aromatic rings. The smallest absolute Gasteiger partial charge is 0.0973 e. The molecule has 0 aliphatic carbocycles. The average molecular weight is 314 g/mol. The molecule has 0 saturated carbocycles. The van der Waals surface area contributed by atoms with Gasteiger partial charge in [-0.3, -0.25) is 0 Å². The van der Waals surface area contributed by atoms with Crippen LogP contribution in [0.25, 0.3) is 0 Å². The van der Waals surface area contributed by atoms with Gasteiger partial charge in [0.15, 0.2) is 0 Å². The molecular weight excluding hydrogens is 290 g/mol. The van der Waals surface area contributed by atoms with Crippen LogP contribution in [0, 0.1) is 5.92 Å². The van der Waals surface area contributed by atoms with E-state index in [0.717, 1.165) is 16.6 Å². The van der Waals surface area contributed by atoms with E-state index in [4.69, 9.17) is 10.5 Å². The summed E-state index contributed by atoms with van der Waals surface area (Å²) in [5.74, 6) is 0.586. The van der Waals surface area contributed by atoms with E-state index in [9.17, 15) is 0 Å². The highest BCUT2D eigenvalue weighted by Gasteiger charge is 2.18. The lowest BCUT2D eigenvalue weighted by Gasteiger charge is -2.24. The molecule has 2 nitrogen and oxygen atoms in total. The minimum absolute atomic E-state index is 0.00636. The molecule has 0 spiro atoms. The summed E-state index contributed by atoms with van der Waals surface area (Å²) < 4.78 is 7.08. The van der Waals surface area contributed by atoms with E-state index in [2.05, 4.69) is 41.9 Å². The first kappa shape index (κ1) is 15.7. The molecule has 18 heavy (non-hydrogen) atoms. The number of halogens is 1. The summed E-state index contributed by atoms with van der Waals surface area (Å²) in [6.07, 6.45) is 2.37. The number of benzene rings is 1. The van der Waals surface area contributed by atoms with E-state index >= 15 is 0 Å². The molecule has 3 unspecified atom stereocenters. The van der Waals surface area contributed by atoms with Gasteiger partial charge < -0.3 is 10.5 Å². The summed E-state index contributed by atoms with van der Waals surface area (Å²) in [7, 11) is 0. The van der Waals surface area contributed by atoms with Crippen molar-refractivity contribution in [2.75, 3.05) is 6.61 Å². The number of rotatable bonds is 7. The fraction of sp³-hybridized carbons (Fsp3) is 0.600. The molecule has 0 fully saturated rings. The second-order valence-electron chi connectivity index (χ2n) is 5.06. The Morgan fingerprint density at radius 1 is 1.33 bits per heavy atom. The Labute approximate surface area is 119 Å². The van der Waals surface area contributed by atoms with Crippen LogP contribution in [0.15, 0.2) is 28.7 Å². The maximum absolute atomic E-state index is 6.04. The Morgan fingerprint density at radius 2 is 2.06 bits per heavy atom. The van der Waals surface area contributed by atoms with Crippen LogP contribution >= 0.6 is 15.9 Å². The second kappa shape index (κ2) is 7.93. The molecular formula is C15H24BrNO. The molecule has 3 atom stereocenters. The highest BCUT2D eigenvalue weighted by Crippen LogP contribution is 2.24. The molecule has 0 amide bonds. The van der Waals surface area contributed by atoms with Gasteiger partial charge in [0.25, 0.3) is 0 Å². The molecule has 0 aliphatic rings. The largest absolute Gasteiger partial charge is 0.372 e. The zero-order valence-electron chi connectivity index (χ0n) is 11.5. The number of hydrogen-bond acceptors (Lipinski definition) is 2. The Kier molecular flexibility index (Phi) is 6.90. The van der Waals surface area contributed by atoms with Crippen molar-refractivity contribution < 1.29 is 4.74 Å². The van der Waals surface area contributed by atoms with Crippen molar-refractivity contribution in [3.63, 3.8) is 0 Å². The molecule has 0 heterocycles.